The molecule has 19 heavy (non-hydrogen) atoms. The molecular weight excluding hydrogens is 310 g/mol. The van der Waals surface area contributed by atoms with Gasteiger partial charge in [-0.05, 0) is 54.9 Å². The molecule has 1 aliphatic carbocycles. The van der Waals surface area contributed by atoms with Crippen LogP contribution in [-0.4, -0.2) is 22.1 Å². The van der Waals surface area contributed by atoms with Crippen molar-refractivity contribution >= 4 is 15.9 Å². The molecular formula is C13H16BrN3O2. The Hall–Kier alpha value is -1.14. The van der Waals surface area contributed by atoms with Crippen LogP contribution in [0.25, 0.3) is 0 Å². The lowest BCUT2D eigenvalue weighted by molar-refractivity contribution is 0.189. The van der Waals surface area contributed by atoms with Gasteiger partial charge < -0.3 is 8.94 Å². The number of hydrogen-bond donors (Lipinski definition) is 0. The van der Waals surface area contributed by atoms with Crippen LogP contribution in [0.2, 0.25) is 0 Å². The second-order valence-corrected chi connectivity index (χ2v) is 5.84. The van der Waals surface area contributed by atoms with Gasteiger partial charge in [0.15, 0.2) is 10.5 Å². The first-order valence-electron chi connectivity index (χ1n) is 6.41. The number of aromatic nitrogens is 2. The molecule has 3 rings (SSSR count). The van der Waals surface area contributed by atoms with E-state index < -0.39 is 0 Å². The fourth-order valence-electron chi connectivity index (χ4n) is 1.93. The molecule has 2 heterocycles. The maximum Gasteiger partial charge on any atom is 0.243 e. The van der Waals surface area contributed by atoms with Crippen LogP contribution in [0, 0.1) is 0 Å². The number of furan rings is 1. The van der Waals surface area contributed by atoms with Gasteiger partial charge in [0.1, 0.15) is 5.76 Å². The van der Waals surface area contributed by atoms with E-state index in [4.69, 9.17) is 8.94 Å². The van der Waals surface area contributed by atoms with Gasteiger partial charge in [-0.15, -0.1) is 0 Å². The van der Waals surface area contributed by atoms with Gasteiger partial charge in [0.25, 0.3) is 0 Å². The van der Waals surface area contributed by atoms with Gasteiger partial charge >= 0.3 is 0 Å². The minimum absolute atomic E-state index is 0.0730. The molecule has 0 bridgehead atoms. The first-order valence-corrected chi connectivity index (χ1v) is 7.20. The highest BCUT2D eigenvalue weighted by Gasteiger charge is 2.30. The molecule has 1 saturated carbocycles. The molecule has 0 saturated heterocycles. The van der Waals surface area contributed by atoms with E-state index in [9.17, 15) is 0 Å². The maximum atomic E-state index is 5.50. The van der Waals surface area contributed by atoms with Crippen molar-refractivity contribution in [3.63, 3.8) is 0 Å². The van der Waals surface area contributed by atoms with E-state index in [2.05, 4.69) is 37.9 Å². The summed E-state index contributed by atoms with van der Waals surface area (Å²) in [5.74, 6) is 2.96. The lowest BCUT2D eigenvalue weighted by atomic mass is 10.3. The average molecular weight is 326 g/mol. The summed E-state index contributed by atoms with van der Waals surface area (Å²) in [6, 6.07) is 3.92. The van der Waals surface area contributed by atoms with Crippen LogP contribution < -0.4 is 0 Å². The van der Waals surface area contributed by atoms with Crippen LogP contribution in [-0.2, 0) is 6.54 Å². The van der Waals surface area contributed by atoms with Gasteiger partial charge in [-0.3, -0.25) is 4.90 Å². The van der Waals surface area contributed by atoms with Gasteiger partial charge in [0.2, 0.25) is 5.89 Å². The molecule has 0 spiro atoms. The van der Waals surface area contributed by atoms with Gasteiger partial charge in [-0.1, -0.05) is 5.16 Å². The predicted molar refractivity (Wildman–Crippen MR) is 72.6 cm³/mol. The highest BCUT2D eigenvalue weighted by molar-refractivity contribution is 9.10. The SMILES string of the molecule is C[C@@H](c1nc(C2CC2)no1)N(C)Cc1ccc(Br)o1. The fraction of sp³-hybridized carbons (Fsp3) is 0.538. The van der Waals surface area contributed by atoms with Crippen molar-refractivity contribution in [3.05, 3.63) is 34.3 Å². The molecule has 0 N–H and O–H groups in total. The molecule has 0 aromatic carbocycles. The molecule has 2 aromatic heterocycles. The molecule has 0 aliphatic heterocycles. The van der Waals surface area contributed by atoms with Crippen LogP contribution in [0.4, 0.5) is 0 Å². The molecule has 1 aliphatic rings. The Morgan fingerprint density at radius 2 is 2.26 bits per heavy atom. The maximum absolute atomic E-state index is 5.50. The molecule has 5 nitrogen and oxygen atoms in total. The first kappa shape index (κ1) is 12.9. The first-order chi connectivity index (χ1) is 9.13. The Bertz CT molecular complexity index is 562. The van der Waals surface area contributed by atoms with E-state index >= 15 is 0 Å². The van der Waals surface area contributed by atoms with E-state index in [-0.39, 0.29) is 6.04 Å². The molecule has 6 heteroatoms. The van der Waals surface area contributed by atoms with Crippen molar-refractivity contribution in [3.8, 4) is 0 Å². The number of nitrogens with zero attached hydrogens (tertiary/aromatic N) is 3. The van der Waals surface area contributed by atoms with Gasteiger partial charge in [-0.2, -0.15) is 4.98 Å². The fourth-order valence-corrected chi connectivity index (χ4v) is 2.27. The number of halogens is 1. The van der Waals surface area contributed by atoms with Crippen molar-refractivity contribution in [2.75, 3.05) is 7.05 Å². The molecule has 0 amide bonds. The largest absolute Gasteiger partial charge is 0.453 e. The topological polar surface area (TPSA) is 55.3 Å². The predicted octanol–water partition coefficient (Wildman–Crippen LogP) is 3.50. The lowest BCUT2D eigenvalue weighted by Crippen LogP contribution is -2.22. The summed E-state index contributed by atoms with van der Waals surface area (Å²) in [5, 5.41) is 4.05. The average Bonchev–Trinajstić information content (AvgIpc) is 2.98. The van der Waals surface area contributed by atoms with Crippen molar-refractivity contribution in [1.82, 2.24) is 15.0 Å². The molecule has 2 aromatic rings. The molecule has 1 atom stereocenters. The summed E-state index contributed by atoms with van der Waals surface area (Å²) in [6.07, 6.45) is 2.37. The van der Waals surface area contributed by atoms with Gasteiger partial charge in [0, 0.05) is 5.92 Å². The summed E-state index contributed by atoms with van der Waals surface area (Å²) < 4.78 is 11.6. The van der Waals surface area contributed by atoms with Crippen molar-refractivity contribution in [2.45, 2.75) is 38.3 Å². The summed E-state index contributed by atoms with van der Waals surface area (Å²) in [4.78, 5) is 6.60. The second kappa shape index (κ2) is 5.09. The molecule has 1 fully saturated rings. The molecule has 0 unspecified atom stereocenters. The van der Waals surface area contributed by atoms with E-state index in [1.54, 1.807) is 0 Å². The third-order valence-corrected chi connectivity index (χ3v) is 3.88. The Balaban J connectivity index is 1.65. The normalized spacial score (nSPS) is 17.1. The summed E-state index contributed by atoms with van der Waals surface area (Å²) in [6.45, 7) is 2.76. The Morgan fingerprint density at radius 1 is 1.47 bits per heavy atom. The Kier molecular flexibility index (Phi) is 3.45. The zero-order valence-corrected chi connectivity index (χ0v) is 12.6. The van der Waals surface area contributed by atoms with Crippen LogP contribution >= 0.6 is 15.9 Å². The van der Waals surface area contributed by atoms with E-state index in [1.165, 1.54) is 12.8 Å². The Labute approximate surface area is 120 Å². The van der Waals surface area contributed by atoms with E-state index in [0.717, 1.165) is 16.3 Å². The zero-order valence-electron chi connectivity index (χ0n) is 11.0. The van der Waals surface area contributed by atoms with Crippen LogP contribution in [0.5, 0.6) is 0 Å². The highest BCUT2D eigenvalue weighted by Crippen LogP contribution is 2.38. The van der Waals surface area contributed by atoms with E-state index in [1.807, 2.05) is 19.2 Å². The van der Waals surface area contributed by atoms with Crippen molar-refractivity contribution in [1.29, 1.82) is 0 Å². The standard InChI is InChI=1S/C13H16BrN3O2/c1-8(13-15-12(16-19-13)9-3-4-9)17(2)7-10-5-6-11(14)18-10/h5-6,8-9H,3-4,7H2,1-2H3/t8-/m0/s1. The lowest BCUT2D eigenvalue weighted by Gasteiger charge is -2.20. The van der Waals surface area contributed by atoms with E-state index in [0.29, 0.717) is 18.4 Å². The number of hydrogen-bond acceptors (Lipinski definition) is 5. The monoisotopic (exact) mass is 325 g/mol. The van der Waals surface area contributed by atoms with Crippen LogP contribution in [0.1, 0.15) is 49.2 Å². The van der Waals surface area contributed by atoms with Gasteiger partial charge in [-0.25, -0.2) is 0 Å². The summed E-state index contributed by atoms with van der Waals surface area (Å²) >= 11 is 3.30. The summed E-state index contributed by atoms with van der Waals surface area (Å²) in [5.41, 5.74) is 0. The number of rotatable bonds is 5. The zero-order chi connectivity index (χ0) is 13.4. The molecule has 0 radical (unpaired) electrons. The minimum Gasteiger partial charge on any atom is -0.453 e. The van der Waals surface area contributed by atoms with Crippen molar-refractivity contribution in [2.24, 2.45) is 0 Å². The highest BCUT2D eigenvalue weighted by atomic mass is 79.9. The van der Waals surface area contributed by atoms with Gasteiger partial charge in [0.05, 0.1) is 12.6 Å². The quantitative estimate of drug-likeness (QED) is 0.842. The van der Waals surface area contributed by atoms with Crippen LogP contribution in [0.15, 0.2) is 25.7 Å². The second-order valence-electron chi connectivity index (χ2n) is 5.06. The smallest absolute Gasteiger partial charge is 0.243 e. The van der Waals surface area contributed by atoms with Crippen molar-refractivity contribution < 1.29 is 8.94 Å². The summed E-state index contributed by atoms with van der Waals surface area (Å²) in [7, 11) is 2.02. The minimum atomic E-state index is 0.0730. The third-order valence-electron chi connectivity index (χ3n) is 3.45. The Morgan fingerprint density at radius 3 is 2.89 bits per heavy atom. The molecule has 102 valence electrons. The van der Waals surface area contributed by atoms with Crippen LogP contribution in [0.3, 0.4) is 0 Å². The third kappa shape index (κ3) is 2.90.